The summed E-state index contributed by atoms with van der Waals surface area (Å²) < 4.78 is 0. The van der Waals surface area contributed by atoms with Gasteiger partial charge in [-0.1, -0.05) is 27.7 Å². The van der Waals surface area contributed by atoms with Crippen LogP contribution in [0.5, 0.6) is 0 Å². The molecule has 19 N–H and O–H groups in total. The van der Waals surface area contributed by atoms with Crippen LogP contribution in [0.2, 0.25) is 0 Å². The number of nitrogens with two attached hydrogens (primary N) is 5. The molecule has 0 rings (SSSR count). The second-order valence-electron chi connectivity index (χ2n) is 15.1. The summed E-state index contributed by atoms with van der Waals surface area (Å²) in [7, 11) is 0. The van der Waals surface area contributed by atoms with Crippen molar-refractivity contribution < 1.29 is 58.2 Å². The summed E-state index contributed by atoms with van der Waals surface area (Å²) in [5, 5.41) is 36.6. The summed E-state index contributed by atoms with van der Waals surface area (Å²) >= 11 is 0. The van der Waals surface area contributed by atoms with Crippen molar-refractivity contribution in [2.75, 3.05) is 13.1 Å². The van der Waals surface area contributed by atoms with Gasteiger partial charge in [0.15, 0.2) is 5.96 Å². The number of amides is 9. The second-order valence-corrected chi connectivity index (χ2v) is 15.1. The Hall–Kier alpha value is -6.11. The van der Waals surface area contributed by atoms with Crippen LogP contribution in [0, 0.1) is 11.8 Å². The van der Waals surface area contributed by atoms with Crippen molar-refractivity contribution in [3.8, 4) is 0 Å². The topological polar surface area (TPSA) is 438 Å². The Morgan fingerprint density at radius 2 is 1.02 bits per heavy atom. The number of carbonyl (C=O) groups is 10. The van der Waals surface area contributed by atoms with E-state index in [9.17, 15) is 58.2 Å². The van der Waals surface area contributed by atoms with Crippen molar-refractivity contribution in [3.63, 3.8) is 0 Å². The highest BCUT2D eigenvalue weighted by Gasteiger charge is 2.35. The number of aliphatic carboxylic acids is 1. The van der Waals surface area contributed by atoms with Crippen molar-refractivity contribution in [1.82, 2.24) is 37.2 Å². The van der Waals surface area contributed by atoms with E-state index in [2.05, 4.69) is 42.2 Å². The first kappa shape index (κ1) is 54.9. The second kappa shape index (κ2) is 27.6. The van der Waals surface area contributed by atoms with Gasteiger partial charge in [0.1, 0.15) is 42.3 Å². The average molecular weight is 872 g/mol. The monoisotopic (exact) mass is 871 g/mol. The SMILES string of the molecule is CC(C)C[C@H](NC(=O)CN)C(=O)N[C@@H](CCCN=C(N)N)C(=O)N[C@@H](CCC(N)=O)C(=O)N[C@@H](C)C(=O)N[C@H](C(=O)N[C@H](C(=O)N[C@@H](CCC(N)=O)C(=O)O)[C@@H](C)O)C(C)C. The van der Waals surface area contributed by atoms with Crippen molar-refractivity contribution >= 4 is 65.1 Å². The highest BCUT2D eigenvalue weighted by atomic mass is 16.4. The number of hydrogen-bond donors (Lipinski definition) is 14. The van der Waals surface area contributed by atoms with Gasteiger partial charge in [-0.15, -0.1) is 0 Å². The fourth-order valence-corrected chi connectivity index (χ4v) is 5.48. The van der Waals surface area contributed by atoms with Gasteiger partial charge in [-0.05, 0) is 57.8 Å². The quantitative estimate of drug-likeness (QED) is 0.0189. The lowest BCUT2D eigenvalue weighted by Gasteiger charge is -2.28. The zero-order valence-electron chi connectivity index (χ0n) is 35.4. The fraction of sp³-hybridized carbons (Fsp3) is 0.694. The molecule has 0 aromatic heterocycles. The molecule has 25 nitrogen and oxygen atoms in total. The number of carbonyl (C=O) groups excluding carboxylic acids is 9. The van der Waals surface area contributed by atoms with E-state index in [-0.39, 0.29) is 56.9 Å². The smallest absolute Gasteiger partial charge is 0.326 e. The lowest BCUT2D eigenvalue weighted by Crippen LogP contribution is -2.61. The molecule has 0 aliphatic carbocycles. The molecule has 0 aromatic rings. The highest BCUT2D eigenvalue weighted by Crippen LogP contribution is 2.10. The minimum absolute atomic E-state index is 0.0534. The number of aliphatic hydroxyl groups excluding tert-OH is 1. The van der Waals surface area contributed by atoms with E-state index < -0.39 is 126 Å². The van der Waals surface area contributed by atoms with Crippen LogP contribution in [0.4, 0.5) is 0 Å². The zero-order chi connectivity index (χ0) is 47.1. The lowest BCUT2D eigenvalue weighted by molar-refractivity contribution is -0.143. The maximum absolute atomic E-state index is 13.7. The summed E-state index contributed by atoms with van der Waals surface area (Å²) in [6, 6.07) is -9.97. The number of carboxylic acids is 1. The summed E-state index contributed by atoms with van der Waals surface area (Å²) in [6.07, 6.45) is -2.75. The number of aliphatic hydroxyl groups is 1. The molecule has 25 heteroatoms. The average Bonchev–Trinajstić information content (AvgIpc) is 3.15. The van der Waals surface area contributed by atoms with Crippen molar-refractivity contribution in [1.29, 1.82) is 0 Å². The Bertz CT molecular complexity index is 1590. The predicted octanol–water partition coefficient (Wildman–Crippen LogP) is -5.89. The molecule has 9 amide bonds. The third kappa shape index (κ3) is 22.2. The third-order valence-corrected chi connectivity index (χ3v) is 8.79. The largest absolute Gasteiger partial charge is 0.480 e. The third-order valence-electron chi connectivity index (χ3n) is 8.79. The Labute approximate surface area is 353 Å². The minimum Gasteiger partial charge on any atom is -0.480 e. The molecule has 346 valence electrons. The van der Waals surface area contributed by atoms with Crippen LogP contribution in [0.1, 0.15) is 86.5 Å². The van der Waals surface area contributed by atoms with Crippen LogP contribution in [0.3, 0.4) is 0 Å². The van der Waals surface area contributed by atoms with Gasteiger partial charge < -0.3 is 76.1 Å². The van der Waals surface area contributed by atoms with Crippen LogP contribution in [0.25, 0.3) is 0 Å². The molecule has 0 saturated carbocycles. The molecule has 0 aliphatic heterocycles. The van der Waals surface area contributed by atoms with E-state index in [4.69, 9.17) is 28.7 Å². The number of aliphatic imine (C=N–C) groups is 1. The molecule has 0 spiro atoms. The molecule has 0 unspecified atom stereocenters. The first-order valence-electron chi connectivity index (χ1n) is 19.6. The molecular formula is C36H65N13O12. The van der Waals surface area contributed by atoms with Gasteiger partial charge in [0, 0.05) is 19.4 Å². The summed E-state index contributed by atoms with van der Waals surface area (Å²) in [6.45, 7) is 8.74. The maximum Gasteiger partial charge on any atom is 0.326 e. The molecule has 0 saturated heterocycles. The molecule has 0 heterocycles. The standard InChI is InChI=1S/C36H65N13O12/c1-16(2)14-23(44-26(53)15-37)32(57)45-20(8-7-13-42-36(40)41)31(56)46-21(9-11-24(38)51)30(55)43-18(5)29(54)48-27(17(3)4)33(58)49-28(19(6)50)34(59)47-22(35(60)61)10-12-25(39)52/h16-23,27-28,50H,7-15,37H2,1-6H3,(H2,38,51)(H2,39,52)(H,43,55)(H,44,53)(H,45,57)(H,46,56)(H,47,59)(H,48,54)(H,49,58)(H,60,61)(H4,40,41,42)/t18-,19+,20-,21-,22-,23-,27-,28-/m0/s1. The first-order chi connectivity index (χ1) is 28.3. The van der Waals surface area contributed by atoms with E-state index in [1.165, 1.54) is 20.8 Å². The molecule has 0 fully saturated rings. The molecule has 0 bridgehead atoms. The maximum atomic E-state index is 13.7. The van der Waals surface area contributed by atoms with Crippen LogP contribution < -0.4 is 65.9 Å². The highest BCUT2D eigenvalue weighted by molar-refractivity contribution is 5.97. The van der Waals surface area contributed by atoms with Gasteiger partial charge in [-0.25, -0.2) is 4.79 Å². The predicted molar refractivity (Wildman–Crippen MR) is 219 cm³/mol. The van der Waals surface area contributed by atoms with Gasteiger partial charge in [0.05, 0.1) is 12.6 Å². The molecule has 0 aliphatic rings. The molecule has 8 atom stereocenters. The number of rotatable bonds is 29. The van der Waals surface area contributed by atoms with E-state index in [0.29, 0.717) is 0 Å². The molecule has 61 heavy (non-hydrogen) atoms. The van der Waals surface area contributed by atoms with Crippen LogP contribution >= 0.6 is 0 Å². The summed E-state index contributed by atoms with van der Waals surface area (Å²) in [4.78, 5) is 131. The fourth-order valence-electron chi connectivity index (χ4n) is 5.48. The van der Waals surface area contributed by atoms with Gasteiger partial charge in [-0.3, -0.25) is 48.1 Å². The van der Waals surface area contributed by atoms with Gasteiger partial charge in [0.25, 0.3) is 0 Å². The molecule has 0 aromatic carbocycles. The van der Waals surface area contributed by atoms with Gasteiger partial charge in [-0.2, -0.15) is 0 Å². The number of hydrogen-bond acceptors (Lipinski definition) is 13. The minimum atomic E-state index is -1.71. The Balaban J connectivity index is 6.20. The van der Waals surface area contributed by atoms with Gasteiger partial charge in [0.2, 0.25) is 53.2 Å². The van der Waals surface area contributed by atoms with Gasteiger partial charge >= 0.3 is 5.97 Å². The van der Waals surface area contributed by atoms with Crippen LogP contribution in [-0.2, 0) is 47.9 Å². The molecular weight excluding hydrogens is 806 g/mol. The number of nitrogens with zero attached hydrogens (tertiary/aromatic N) is 1. The zero-order valence-corrected chi connectivity index (χ0v) is 35.4. The first-order valence-corrected chi connectivity index (χ1v) is 19.6. The number of nitrogens with one attached hydrogen (secondary N) is 7. The number of carboxylic acid groups (broad SMARTS) is 1. The van der Waals surface area contributed by atoms with E-state index >= 15 is 0 Å². The summed E-state index contributed by atoms with van der Waals surface area (Å²) in [5.41, 5.74) is 26.6. The van der Waals surface area contributed by atoms with Crippen molar-refractivity contribution in [3.05, 3.63) is 0 Å². The number of guanidine groups is 1. The number of primary amides is 2. The Kier molecular flexibility index (Phi) is 24.8. The Morgan fingerprint density at radius 3 is 1.48 bits per heavy atom. The van der Waals surface area contributed by atoms with Crippen molar-refractivity contribution in [2.45, 2.75) is 135 Å². The van der Waals surface area contributed by atoms with E-state index in [1.54, 1.807) is 0 Å². The lowest BCUT2D eigenvalue weighted by atomic mass is 10.0. The van der Waals surface area contributed by atoms with Crippen LogP contribution in [0.15, 0.2) is 4.99 Å². The normalized spacial score (nSPS) is 14.9. The van der Waals surface area contributed by atoms with Crippen molar-refractivity contribution in [2.24, 2.45) is 45.5 Å². The molecule has 0 radical (unpaired) electrons. The van der Waals surface area contributed by atoms with E-state index in [1.807, 2.05) is 13.8 Å². The van der Waals surface area contributed by atoms with E-state index in [0.717, 1.165) is 6.92 Å². The Morgan fingerprint density at radius 1 is 0.557 bits per heavy atom. The van der Waals surface area contributed by atoms with Crippen LogP contribution in [-0.4, -0.2) is 137 Å². The summed E-state index contributed by atoms with van der Waals surface area (Å²) in [5.74, 6) is -10.3.